The molecule has 0 saturated heterocycles. The van der Waals surface area contributed by atoms with Crippen LogP contribution in [0.4, 0.5) is 0 Å². The molecule has 0 bridgehead atoms. The molecule has 0 unspecified atom stereocenters. The van der Waals surface area contributed by atoms with Crippen LogP contribution in [0.15, 0.2) is 12.2 Å². The first-order chi connectivity index (χ1) is 1.91. The van der Waals surface area contributed by atoms with Gasteiger partial charge in [-0.2, -0.15) is 0 Å². The molecule has 0 aliphatic heterocycles. The Morgan fingerprint density at radius 1 is 1.00 bits per heavy atom. The summed E-state index contributed by atoms with van der Waals surface area (Å²) in [5.41, 5.74) is 0. The van der Waals surface area contributed by atoms with Crippen molar-refractivity contribution in [2.45, 2.75) is 13.8 Å². The third-order valence-corrected chi connectivity index (χ3v) is 0.333. The quantitative estimate of drug-likeness (QED) is 0.449. The van der Waals surface area contributed by atoms with Crippen LogP contribution in [-0.2, 0) is 0 Å². The van der Waals surface area contributed by atoms with E-state index in [1.807, 2.05) is 26.0 Å². The zero-order chi connectivity index (χ0) is 3.41. The fraction of sp³-hybridized carbons (Fsp3) is 0.500. The van der Waals surface area contributed by atoms with Gasteiger partial charge < -0.3 is 0 Å². The zero-order valence-corrected chi connectivity index (χ0v) is 5.28. The molecule has 0 heterocycles. The average molecular weight is 137 g/mol. The van der Waals surface area contributed by atoms with Crippen molar-refractivity contribution >= 4 is 17.0 Å². The normalized spacial score (nSPS) is 7.60. The smallest absolute Gasteiger partial charge is 0.0470 e. The lowest BCUT2D eigenvalue weighted by molar-refractivity contribution is 1.64. The Kier molecular flexibility index (Phi) is 15.9. The maximum atomic E-state index is 2.00. The van der Waals surface area contributed by atoms with Crippen LogP contribution in [0.3, 0.4) is 0 Å². The van der Waals surface area contributed by atoms with E-state index < -0.39 is 0 Å². The van der Waals surface area contributed by atoms with E-state index in [1.165, 1.54) is 0 Å². The van der Waals surface area contributed by atoms with Crippen molar-refractivity contribution in [1.29, 1.82) is 0 Å². The predicted molar refractivity (Wildman–Crippen MR) is 30.8 cm³/mol. The van der Waals surface area contributed by atoms with Gasteiger partial charge in [-0.05, 0) is 13.8 Å². The van der Waals surface area contributed by atoms with Gasteiger partial charge in [0.25, 0.3) is 0 Å². The maximum absolute atomic E-state index is 2.00. The monoisotopic (exact) mass is 136 g/mol. The second-order valence-electron chi connectivity index (χ2n) is 0.667. The maximum Gasteiger partial charge on any atom is -0.0470 e. The van der Waals surface area contributed by atoms with Crippen molar-refractivity contribution in [2.24, 2.45) is 0 Å². The molecule has 0 amide bonds. The molecule has 0 spiro atoms. The van der Waals surface area contributed by atoms with Gasteiger partial charge in [0.15, 0.2) is 0 Å². The van der Waals surface area contributed by atoms with Crippen molar-refractivity contribution in [3.8, 4) is 0 Å². The average Bonchev–Trinajstić information content (AvgIpc) is 1.37. The van der Waals surface area contributed by atoms with Crippen LogP contribution in [-0.4, -0.2) is 0 Å². The summed E-state index contributed by atoms with van der Waals surface area (Å²) in [4.78, 5) is 0. The van der Waals surface area contributed by atoms with Gasteiger partial charge in [0.05, 0.1) is 0 Å². The van der Waals surface area contributed by atoms with Gasteiger partial charge in [0.2, 0.25) is 0 Å². The highest BCUT2D eigenvalue weighted by molar-refractivity contribution is 8.93. The molecular formula is C4H9Br. The minimum Gasteiger partial charge on any atom is -0.114 e. The van der Waals surface area contributed by atoms with Gasteiger partial charge in [-0.3, -0.25) is 0 Å². The van der Waals surface area contributed by atoms with Crippen LogP contribution in [0.5, 0.6) is 0 Å². The van der Waals surface area contributed by atoms with E-state index in [0.717, 1.165) is 0 Å². The van der Waals surface area contributed by atoms with Crippen molar-refractivity contribution in [2.75, 3.05) is 0 Å². The topological polar surface area (TPSA) is 0 Å². The molecule has 1 heteroatoms. The minimum absolute atomic E-state index is 0. The van der Waals surface area contributed by atoms with Gasteiger partial charge >= 0.3 is 0 Å². The van der Waals surface area contributed by atoms with Crippen molar-refractivity contribution in [3.63, 3.8) is 0 Å². The molecule has 0 rings (SSSR count). The summed E-state index contributed by atoms with van der Waals surface area (Å²) in [6, 6.07) is 0. The van der Waals surface area contributed by atoms with E-state index in [9.17, 15) is 0 Å². The highest BCUT2D eigenvalue weighted by atomic mass is 79.9. The first kappa shape index (κ1) is 8.97. The molecular weight excluding hydrogens is 128 g/mol. The molecule has 0 saturated carbocycles. The van der Waals surface area contributed by atoms with Crippen LogP contribution in [0, 0.1) is 0 Å². The molecule has 0 nitrogen and oxygen atoms in total. The largest absolute Gasteiger partial charge is 0.114 e. The molecule has 0 aliphatic carbocycles. The van der Waals surface area contributed by atoms with E-state index in [1.54, 1.807) is 0 Å². The Balaban J connectivity index is 0. The standard InChI is InChI=1S/C4H8.BrH/c1-3-4-2;/h3-4H,1-2H3;1H/b4-3+;. The summed E-state index contributed by atoms with van der Waals surface area (Å²) in [6.45, 7) is 4.00. The van der Waals surface area contributed by atoms with Gasteiger partial charge in [-0.25, -0.2) is 0 Å². The summed E-state index contributed by atoms with van der Waals surface area (Å²) in [5.74, 6) is 0. The lowest BCUT2D eigenvalue weighted by atomic mass is 10.6. The van der Waals surface area contributed by atoms with E-state index in [-0.39, 0.29) is 17.0 Å². The number of hydrogen-bond acceptors (Lipinski definition) is 0. The van der Waals surface area contributed by atoms with Gasteiger partial charge in [-0.1, -0.05) is 12.2 Å². The summed E-state index contributed by atoms with van der Waals surface area (Å²) < 4.78 is 0. The minimum atomic E-state index is 0. The SMILES string of the molecule is Br.C/C=C/C. The van der Waals surface area contributed by atoms with Crippen LogP contribution in [0.1, 0.15) is 13.8 Å². The molecule has 0 N–H and O–H groups in total. The van der Waals surface area contributed by atoms with Crippen molar-refractivity contribution in [3.05, 3.63) is 12.2 Å². The molecule has 0 radical (unpaired) electrons. The molecule has 0 aromatic carbocycles. The Bertz CT molecular complexity index is 18.8. The second-order valence-corrected chi connectivity index (χ2v) is 0.667. The van der Waals surface area contributed by atoms with E-state index in [0.29, 0.717) is 0 Å². The highest BCUT2D eigenvalue weighted by Crippen LogP contribution is 1.57. The molecule has 0 atom stereocenters. The first-order valence-electron chi connectivity index (χ1n) is 1.49. The Morgan fingerprint density at radius 3 is 1.20 bits per heavy atom. The van der Waals surface area contributed by atoms with E-state index in [4.69, 9.17) is 0 Å². The van der Waals surface area contributed by atoms with Crippen molar-refractivity contribution in [1.82, 2.24) is 0 Å². The fourth-order valence-electron chi connectivity index (χ4n) is 0. The molecule has 0 aromatic rings. The van der Waals surface area contributed by atoms with Crippen LogP contribution in [0.2, 0.25) is 0 Å². The summed E-state index contributed by atoms with van der Waals surface area (Å²) in [7, 11) is 0. The summed E-state index contributed by atoms with van der Waals surface area (Å²) in [6.07, 6.45) is 4.00. The number of rotatable bonds is 0. The van der Waals surface area contributed by atoms with Crippen molar-refractivity contribution < 1.29 is 0 Å². The van der Waals surface area contributed by atoms with Gasteiger partial charge in [0, 0.05) is 0 Å². The fourth-order valence-corrected chi connectivity index (χ4v) is 0. The Labute approximate surface area is 43.7 Å². The van der Waals surface area contributed by atoms with Gasteiger partial charge in [0.1, 0.15) is 0 Å². The lowest BCUT2D eigenvalue weighted by Gasteiger charge is -1.49. The molecule has 5 heavy (non-hydrogen) atoms. The van der Waals surface area contributed by atoms with Gasteiger partial charge in [-0.15, -0.1) is 17.0 Å². The highest BCUT2D eigenvalue weighted by Gasteiger charge is 1.34. The van der Waals surface area contributed by atoms with Crippen LogP contribution < -0.4 is 0 Å². The summed E-state index contributed by atoms with van der Waals surface area (Å²) in [5, 5.41) is 0. The third-order valence-electron chi connectivity index (χ3n) is 0.333. The number of allylic oxidation sites excluding steroid dienone is 2. The lowest BCUT2D eigenvalue weighted by Crippen LogP contribution is -1.26. The second kappa shape index (κ2) is 8.88. The molecule has 0 aliphatic rings. The van der Waals surface area contributed by atoms with E-state index >= 15 is 0 Å². The number of halogens is 1. The Morgan fingerprint density at radius 2 is 1.20 bits per heavy atom. The number of hydrogen-bond donors (Lipinski definition) is 0. The van der Waals surface area contributed by atoms with E-state index in [2.05, 4.69) is 0 Å². The molecule has 0 fully saturated rings. The molecule has 0 aromatic heterocycles. The third kappa shape index (κ3) is 14.0. The Hall–Kier alpha value is 0.220. The van der Waals surface area contributed by atoms with Crippen LogP contribution >= 0.6 is 17.0 Å². The first-order valence-corrected chi connectivity index (χ1v) is 1.49. The zero-order valence-electron chi connectivity index (χ0n) is 3.56. The summed E-state index contributed by atoms with van der Waals surface area (Å²) >= 11 is 0. The predicted octanol–water partition coefficient (Wildman–Crippen LogP) is 2.16. The molecule has 32 valence electrons. The van der Waals surface area contributed by atoms with Crippen LogP contribution in [0.25, 0.3) is 0 Å².